The SMILES string of the molecule is COc1cc2c(cc1OC)[C@H](/C=C/c1ccccc1)OCC2. The maximum Gasteiger partial charge on any atom is 0.161 e. The highest BCUT2D eigenvalue weighted by Gasteiger charge is 2.21. The van der Waals surface area contributed by atoms with E-state index in [0.29, 0.717) is 6.61 Å². The summed E-state index contributed by atoms with van der Waals surface area (Å²) in [6.45, 7) is 0.715. The Morgan fingerprint density at radius 2 is 1.77 bits per heavy atom. The van der Waals surface area contributed by atoms with E-state index >= 15 is 0 Å². The first-order valence-corrected chi connectivity index (χ1v) is 7.41. The molecule has 1 heterocycles. The van der Waals surface area contributed by atoms with Gasteiger partial charge in [-0.1, -0.05) is 42.5 Å². The molecule has 3 nitrogen and oxygen atoms in total. The molecule has 3 heteroatoms. The summed E-state index contributed by atoms with van der Waals surface area (Å²) in [5.41, 5.74) is 3.57. The maximum absolute atomic E-state index is 5.92. The van der Waals surface area contributed by atoms with Gasteiger partial charge in [0.1, 0.15) is 6.10 Å². The third-order valence-electron chi connectivity index (χ3n) is 3.88. The van der Waals surface area contributed by atoms with Crippen LogP contribution in [-0.2, 0) is 11.2 Å². The lowest BCUT2D eigenvalue weighted by Gasteiger charge is -2.25. The molecule has 0 aromatic heterocycles. The number of hydrogen-bond acceptors (Lipinski definition) is 3. The van der Waals surface area contributed by atoms with Crippen molar-refractivity contribution < 1.29 is 14.2 Å². The zero-order valence-corrected chi connectivity index (χ0v) is 12.9. The molecule has 0 unspecified atom stereocenters. The van der Waals surface area contributed by atoms with Gasteiger partial charge in [0.15, 0.2) is 11.5 Å². The highest BCUT2D eigenvalue weighted by molar-refractivity contribution is 5.53. The van der Waals surface area contributed by atoms with Crippen molar-refractivity contribution in [1.82, 2.24) is 0 Å². The molecule has 114 valence electrons. The Hall–Kier alpha value is -2.26. The van der Waals surface area contributed by atoms with E-state index < -0.39 is 0 Å². The minimum atomic E-state index is -0.0521. The van der Waals surface area contributed by atoms with Crippen LogP contribution in [0.3, 0.4) is 0 Å². The molecule has 0 bridgehead atoms. The second-order valence-electron chi connectivity index (χ2n) is 5.22. The summed E-state index contributed by atoms with van der Waals surface area (Å²) in [6, 6.07) is 14.3. The number of fused-ring (bicyclic) bond motifs is 1. The Labute approximate surface area is 131 Å². The van der Waals surface area contributed by atoms with Gasteiger partial charge in [-0.25, -0.2) is 0 Å². The Balaban J connectivity index is 1.92. The highest BCUT2D eigenvalue weighted by atomic mass is 16.5. The van der Waals surface area contributed by atoms with Crippen LogP contribution >= 0.6 is 0 Å². The third-order valence-corrected chi connectivity index (χ3v) is 3.88. The maximum atomic E-state index is 5.92. The molecule has 1 atom stereocenters. The lowest BCUT2D eigenvalue weighted by Crippen LogP contribution is -2.15. The normalized spacial score (nSPS) is 17.3. The average molecular weight is 296 g/mol. The van der Waals surface area contributed by atoms with E-state index in [1.165, 1.54) is 11.1 Å². The van der Waals surface area contributed by atoms with E-state index in [4.69, 9.17) is 14.2 Å². The molecule has 2 aromatic rings. The number of rotatable bonds is 4. The summed E-state index contributed by atoms with van der Waals surface area (Å²) in [7, 11) is 3.32. The summed E-state index contributed by atoms with van der Waals surface area (Å²) in [6.07, 6.45) is 5.03. The van der Waals surface area contributed by atoms with Crippen molar-refractivity contribution in [3.05, 3.63) is 65.2 Å². The smallest absolute Gasteiger partial charge is 0.161 e. The van der Waals surface area contributed by atoms with E-state index in [2.05, 4.69) is 30.4 Å². The molecular weight excluding hydrogens is 276 g/mol. The van der Waals surface area contributed by atoms with Crippen molar-refractivity contribution in [2.24, 2.45) is 0 Å². The third kappa shape index (κ3) is 3.00. The number of benzene rings is 2. The van der Waals surface area contributed by atoms with E-state index in [1.807, 2.05) is 24.3 Å². The zero-order valence-electron chi connectivity index (χ0n) is 12.9. The first kappa shape index (κ1) is 14.7. The minimum absolute atomic E-state index is 0.0521. The van der Waals surface area contributed by atoms with Gasteiger partial charge in [0, 0.05) is 0 Å². The van der Waals surface area contributed by atoms with Gasteiger partial charge in [-0.15, -0.1) is 0 Å². The van der Waals surface area contributed by atoms with Crippen LogP contribution in [0.25, 0.3) is 6.08 Å². The summed E-state index contributed by atoms with van der Waals surface area (Å²) < 4.78 is 16.7. The highest BCUT2D eigenvalue weighted by Crippen LogP contribution is 2.37. The Morgan fingerprint density at radius 1 is 1.05 bits per heavy atom. The number of ether oxygens (including phenoxy) is 3. The molecule has 0 N–H and O–H groups in total. The van der Waals surface area contributed by atoms with Gasteiger partial charge in [-0.3, -0.25) is 0 Å². The molecule has 0 saturated carbocycles. The lowest BCUT2D eigenvalue weighted by atomic mass is 9.96. The minimum Gasteiger partial charge on any atom is -0.493 e. The molecule has 0 saturated heterocycles. The van der Waals surface area contributed by atoms with Crippen LogP contribution in [-0.4, -0.2) is 20.8 Å². The monoisotopic (exact) mass is 296 g/mol. The van der Waals surface area contributed by atoms with E-state index in [9.17, 15) is 0 Å². The van der Waals surface area contributed by atoms with Gasteiger partial charge in [0.2, 0.25) is 0 Å². The fraction of sp³-hybridized carbons (Fsp3) is 0.263. The van der Waals surface area contributed by atoms with Crippen molar-refractivity contribution in [3.8, 4) is 11.5 Å². The molecule has 0 spiro atoms. The van der Waals surface area contributed by atoms with Gasteiger partial charge in [0.05, 0.1) is 20.8 Å². The van der Waals surface area contributed by atoms with Crippen molar-refractivity contribution in [3.63, 3.8) is 0 Å². The second kappa shape index (κ2) is 6.67. The van der Waals surface area contributed by atoms with E-state index in [0.717, 1.165) is 23.5 Å². The van der Waals surface area contributed by atoms with Gasteiger partial charge < -0.3 is 14.2 Å². The molecule has 22 heavy (non-hydrogen) atoms. The average Bonchev–Trinajstić information content (AvgIpc) is 2.59. The van der Waals surface area contributed by atoms with Crippen molar-refractivity contribution in [1.29, 1.82) is 0 Å². The van der Waals surface area contributed by atoms with Crippen LogP contribution < -0.4 is 9.47 Å². The zero-order chi connectivity index (χ0) is 15.4. The van der Waals surface area contributed by atoms with Gasteiger partial charge in [-0.2, -0.15) is 0 Å². The van der Waals surface area contributed by atoms with E-state index in [1.54, 1.807) is 14.2 Å². The topological polar surface area (TPSA) is 27.7 Å². The standard InChI is InChI=1S/C19H20O3/c1-20-18-12-15-10-11-22-17(16(15)13-19(18)21-2)9-8-14-6-4-3-5-7-14/h3-9,12-13,17H,10-11H2,1-2H3/b9-8+/t17-/m0/s1. The molecule has 1 aliphatic rings. The number of methoxy groups -OCH3 is 2. The van der Waals surface area contributed by atoms with Crippen LogP contribution in [0.5, 0.6) is 11.5 Å². The van der Waals surface area contributed by atoms with Crippen molar-refractivity contribution in [2.75, 3.05) is 20.8 Å². The van der Waals surface area contributed by atoms with Crippen LogP contribution in [0.15, 0.2) is 48.5 Å². The van der Waals surface area contributed by atoms with Crippen LogP contribution in [0.2, 0.25) is 0 Å². The molecule has 1 aliphatic heterocycles. The molecule has 3 rings (SSSR count). The summed E-state index contributed by atoms with van der Waals surface area (Å²) >= 11 is 0. The Morgan fingerprint density at radius 3 is 2.50 bits per heavy atom. The predicted molar refractivity (Wildman–Crippen MR) is 87.4 cm³/mol. The van der Waals surface area contributed by atoms with Crippen LogP contribution in [0.4, 0.5) is 0 Å². The van der Waals surface area contributed by atoms with Crippen molar-refractivity contribution >= 4 is 6.08 Å². The van der Waals surface area contributed by atoms with Gasteiger partial charge in [-0.05, 0) is 35.2 Å². The first-order chi connectivity index (χ1) is 10.8. The Kier molecular flexibility index (Phi) is 4.45. The molecule has 2 aromatic carbocycles. The Bertz CT molecular complexity index is 662. The summed E-state index contributed by atoms with van der Waals surface area (Å²) in [5.74, 6) is 1.51. The quantitative estimate of drug-likeness (QED) is 0.852. The van der Waals surface area contributed by atoms with Crippen molar-refractivity contribution in [2.45, 2.75) is 12.5 Å². The number of hydrogen-bond donors (Lipinski definition) is 0. The molecule has 0 fully saturated rings. The van der Waals surface area contributed by atoms with Gasteiger partial charge >= 0.3 is 0 Å². The largest absolute Gasteiger partial charge is 0.493 e. The van der Waals surface area contributed by atoms with E-state index in [-0.39, 0.29) is 6.10 Å². The fourth-order valence-electron chi connectivity index (χ4n) is 2.73. The molecular formula is C19H20O3. The summed E-state index contributed by atoms with van der Waals surface area (Å²) in [5, 5.41) is 0. The van der Waals surface area contributed by atoms with Crippen LogP contribution in [0.1, 0.15) is 22.8 Å². The predicted octanol–water partition coefficient (Wildman–Crippen LogP) is 4.03. The van der Waals surface area contributed by atoms with Gasteiger partial charge in [0.25, 0.3) is 0 Å². The second-order valence-corrected chi connectivity index (χ2v) is 5.22. The molecule has 0 radical (unpaired) electrons. The van der Waals surface area contributed by atoms with Crippen LogP contribution in [0, 0.1) is 0 Å². The molecule has 0 aliphatic carbocycles. The fourth-order valence-corrected chi connectivity index (χ4v) is 2.73. The lowest BCUT2D eigenvalue weighted by molar-refractivity contribution is 0.0751. The summed E-state index contributed by atoms with van der Waals surface area (Å²) in [4.78, 5) is 0. The molecule has 0 amide bonds. The first-order valence-electron chi connectivity index (χ1n) is 7.41.